The van der Waals surface area contributed by atoms with Crippen LogP contribution in [-0.4, -0.2) is 30.8 Å². The fourth-order valence-corrected chi connectivity index (χ4v) is 4.47. The predicted octanol–water partition coefficient (Wildman–Crippen LogP) is 2.91. The van der Waals surface area contributed by atoms with Crippen molar-refractivity contribution >= 4 is 48.9 Å². The van der Waals surface area contributed by atoms with Gasteiger partial charge in [-0.3, -0.25) is 9.71 Å². The van der Waals surface area contributed by atoms with Gasteiger partial charge in [0.1, 0.15) is 22.8 Å². The molecule has 0 saturated heterocycles. The van der Waals surface area contributed by atoms with Gasteiger partial charge in [0.15, 0.2) is 0 Å². The average molecular weight is 373 g/mol. The summed E-state index contributed by atoms with van der Waals surface area (Å²) in [6.07, 6.45) is 3.03. The van der Waals surface area contributed by atoms with E-state index in [1.54, 1.807) is 24.3 Å². The minimum absolute atomic E-state index is 0.183. The quantitative estimate of drug-likeness (QED) is 0.733. The van der Waals surface area contributed by atoms with Crippen LogP contribution < -0.4 is 10.0 Å². The molecule has 0 atom stereocenters. The number of hydrogen-bond donors (Lipinski definition) is 2. The molecule has 0 aliphatic carbocycles. The molecule has 25 heavy (non-hydrogen) atoms. The smallest absolute Gasteiger partial charge is 0.262 e. The summed E-state index contributed by atoms with van der Waals surface area (Å²) in [6, 6.07) is 8.57. The van der Waals surface area contributed by atoms with E-state index in [0.717, 1.165) is 16.6 Å². The van der Waals surface area contributed by atoms with E-state index in [4.69, 9.17) is 0 Å². The molecule has 1 aliphatic rings. The highest BCUT2D eigenvalue weighted by atomic mass is 32.2. The van der Waals surface area contributed by atoms with E-state index >= 15 is 0 Å². The molecule has 4 rings (SSSR count). The lowest BCUT2D eigenvalue weighted by atomic mass is 10.3. The highest BCUT2D eigenvalue weighted by Crippen LogP contribution is 2.27. The van der Waals surface area contributed by atoms with Crippen molar-refractivity contribution in [2.24, 2.45) is 4.99 Å². The van der Waals surface area contributed by atoms with E-state index in [1.165, 1.54) is 17.7 Å². The van der Waals surface area contributed by atoms with E-state index in [1.807, 2.05) is 11.4 Å². The number of aliphatic imine (C=N–C) groups is 1. The second-order valence-corrected chi connectivity index (χ2v) is 8.13. The fraction of sp³-hybridized carbons (Fsp3) is 0.188. The van der Waals surface area contributed by atoms with Crippen LogP contribution in [0.15, 0.2) is 51.9 Å². The Morgan fingerprint density at radius 2 is 2.08 bits per heavy atom. The molecule has 128 valence electrons. The molecule has 9 heteroatoms. The molecule has 0 spiro atoms. The van der Waals surface area contributed by atoms with Gasteiger partial charge in [-0.25, -0.2) is 18.4 Å². The first-order valence-electron chi connectivity index (χ1n) is 7.73. The molecular weight excluding hydrogens is 358 g/mol. The van der Waals surface area contributed by atoms with Gasteiger partial charge in [0.05, 0.1) is 10.3 Å². The van der Waals surface area contributed by atoms with Crippen molar-refractivity contribution in [3.05, 3.63) is 42.0 Å². The van der Waals surface area contributed by atoms with Crippen LogP contribution in [0.25, 0.3) is 10.2 Å². The van der Waals surface area contributed by atoms with Gasteiger partial charge >= 0.3 is 0 Å². The standard InChI is InChI=1S/C16H15N5O2S2/c22-25(23,21-14-5-2-7-17-14)12-4-1-3-11(9-12)20-15-13-6-8-24-16(13)19-10-18-15/h1,3-4,6,8-10H,2,5,7H2,(H,17,21)(H,18,19,20). The number of nitrogens with one attached hydrogen (secondary N) is 2. The Morgan fingerprint density at radius 1 is 1.16 bits per heavy atom. The van der Waals surface area contributed by atoms with Crippen molar-refractivity contribution < 1.29 is 8.42 Å². The zero-order valence-corrected chi connectivity index (χ0v) is 14.8. The molecule has 3 aromatic rings. The van der Waals surface area contributed by atoms with Gasteiger partial charge in [0, 0.05) is 18.7 Å². The topological polar surface area (TPSA) is 96.3 Å². The zero-order valence-electron chi connectivity index (χ0n) is 13.1. The summed E-state index contributed by atoms with van der Waals surface area (Å²) >= 11 is 1.53. The summed E-state index contributed by atoms with van der Waals surface area (Å²) in [5.74, 6) is 1.17. The minimum atomic E-state index is -3.64. The number of anilines is 2. The van der Waals surface area contributed by atoms with Crippen LogP contribution in [0.2, 0.25) is 0 Å². The first kappa shape index (κ1) is 16.0. The number of amidine groups is 1. The van der Waals surface area contributed by atoms with Crippen molar-refractivity contribution in [3.8, 4) is 0 Å². The number of hydrogen-bond acceptors (Lipinski definition) is 7. The highest BCUT2D eigenvalue weighted by molar-refractivity contribution is 7.90. The Balaban J connectivity index is 1.62. The summed E-state index contributed by atoms with van der Waals surface area (Å²) in [7, 11) is -3.64. The van der Waals surface area contributed by atoms with Crippen molar-refractivity contribution in [2.45, 2.75) is 17.7 Å². The molecular formula is C16H15N5O2S2. The van der Waals surface area contributed by atoms with Gasteiger partial charge in [-0.15, -0.1) is 11.3 Å². The summed E-state index contributed by atoms with van der Waals surface area (Å²) in [5, 5.41) is 6.02. The molecule has 2 aromatic heterocycles. The van der Waals surface area contributed by atoms with Crippen LogP contribution in [0, 0.1) is 0 Å². The summed E-state index contributed by atoms with van der Waals surface area (Å²) < 4.78 is 27.6. The average Bonchev–Trinajstić information content (AvgIpc) is 3.26. The summed E-state index contributed by atoms with van der Waals surface area (Å²) in [5.41, 5.74) is 0.641. The summed E-state index contributed by atoms with van der Waals surface area (Å²) in [6.45, 7) is 0.670. The van der Waals surface area contributed by atoms with Crippen LogP contribution in [0.1, 0.15) is 12.8 Å². The maximum atomic E-state index is 12.5. The number of benzene rings is 1. The predicted molar refractivity (Wildman–Crippen MR) is 99.0 cm³/mol. The summed E-state index contributed by atoms with van der Waals surface area (Å²) in [4.78, 5) is 13.7. The lowest BCUT2D eigenvalue weighted by Crippen LogP contribution is -2.29. The Labute approximate surface area is 148 Å². The first-order chi connectivity index (χ1) is 12.1. The monoisotopic (exact) mass is 373 g/mol. The van der Waals surface area contributed by atoms with Gasteiger partial charge in [0.2, 0.25) is 0 Å². The van der Waals surface area contributed by atoms with Crippen molar-refractivity contribution in [1.29, 1.82) is 0 Å². The molecule has 0 saturated carbocycles. The van der Waals surface area contributed by atoms with Crippen molar-refractivity contribution in [3.63, 3.8) is 0 Å². The largest absolute Gasteiger partial charge is 0.340 e. The van der Waals surface area contributed by atoms with Crippen LogP contribution in [0.5, 0.6) is 0 Å². The molecule has 0 radical (unpaired) electrons. The van der Waals surface area contributed by atoms with Gasteiger partial charge in [-0.1, -0.05) is 6.07 Å². The molecule has 3 heterocycles. The van der Waals surface area contributed by atoms with Crippen molar-refractivity contribution in [1.82, 2.24) is 14.7 Å². The Morgan fingerprint density at radius 3 is 2.92 bits per heavy atom. The lowest BCUT2D eigenvalue weighted by Gasteiger charge is -2.10. The number of rotatable bonds is 4. The molecule has 0 fully saturated rings. The Hall–Kier alpha value is -2.52. The molecule has 1 aromatic carbocycles. The number of sulfonamides is 1. The van der Waals surface area contributed by atoms with Gasteiger partial charge in [-0.2, -0.15) is 0 Å². The third-order valence-corrected chi connectivity index (χ3v) is 5.99. The van der Waals surface area contributed by atoms with Crippen LogP contribution >= 0.6 is 11.3 Å². The first-order valence-corrected chi connectivity index (χ1v) is 10.1. The van der Waals surface area contributed by atoms with Gasteiger partial charge in [-0.05, 0) is 36.1 Å². The Kier molecular flexibility index (Phi) is 4.10. The highest BCUT2D eigenvalue weighted by Gasteiger charge is 2.18. The van der Waals surface area contributed by atoms with E-state index in [9.17, 15) is 8.42 Å². The lowest BCUT2D eigenvalue weighted by molar-refractivity contribution is 0.592. The van der Waals surface area contributed by atoms with Crippen LogP contribution in [0.3, 0.4) is 0 Å². The number of thiophene rings is 1. The second kappa shape index (κ2) is 6.41. The zero-order chi connectivity index (χ0) is 17.3. The molecule has 2 N–H and O–H groups in total. The third-order valence-electron chi connectivity index (χ3n) is 3.80. The molecule has 1 aliphatic heterocycles. The molecule has 0 bridgehead atoms. The van der Waals surface area contributed by atoms with Gasteiger partial charge in [0.25, 0.3) is 10.0 Å². The minimum Gasteiger partial charge on any atom is -0.340 e. The van der Waals surface area contributed by atoms with E-state index in [-0.39, 0.29) is 4.90 Å². The maximum absolute atomic E-state index is 12.5. The van der Waals surface area contributed by atoms with E-state index < -0.39 is 10.0 Å². The van der Waals surface area contributed by atoms with E-state index in [2.05, 4.69) is 25.0 Å². The van der Waals surface area contributed by atoms with E-state index in [0.29, 0.717) is 30.3 Å². The molecule has 7 nitrogen and oxygen atoms in total. The molecule has 0 unspecified atom stereocenters. The number of nitrogens with zero attached hydrogens (tertiary/aromatic N) is 3. The maximum Gasteiger partial charge on any atom is 0.262 e. The SMILES string of the molecule is O=S(=O)(NC1=NCCC1)c1cccc(Nc2ncnc3sccc23)c1. The fourth-order valence-electron chi connectivity index (χ4n) is 2.60. The number of fused-ring (bicyclic) bond motifs is 1. The van der Waals surface area contributed by atoms with Crippen molar-refractivity contribution in [2.75, 3.05) is 11.9 Å². The van der Waals surface area contributed by atoms with Gasteiger partial charge < -0.3 is 5.32 Å². The third kappa shape index (κ3) is 3.33. The second-order valence-electron chi connectivity index (χ2n) is 5.55. The van der Waals surface area contributed by atoms with Crippen LogP contribution in [0.4, 0.5) is 11.5 Å². The normalized spacial score (nSPS) is 14.5. The number of aromatic nitrogens is 2. The van der Waals surface area contributed by atoms with Crippen LogP contribution in [-0.2, 0) is 10.0 Å². The molecule has 0 amide bonds. The Bertz CT molecular complexity index is 1060.